The van der Waals surface area contributed by atoms with Crippen LogP contribution in [0.25, 0.3) is 17.1 Å². The summed E-state index contributed by atoms with van der Waals surface area (Å²) < 4.78 is 15.0. The third-order valence-electron chi connectivity index (χ3n) is 4.38. The van der Waals surface area contributed by atoms with Gasteiger partial charge >= 0.3 is 0 Å². The molecule has 1 N–H and O–H groups in total. The van der Waals surface area contributed by atoms with Crippen molar-refractivity contribution < 1.29 is 9.18 Å². The number of halogens is 1. The van der Waals surface area contributed by atoms with Crippen molar-refractivity contribution in [3.8, 4) is 17.1 Å². The largest absolute Gasteiger partial charge is 0.325 e. The van der Waals surface area contributed by atoms with Crippen LogP contribution in [0.3, 0.4) is 0 Å². The van der Waals surface area contributed by atoms with Crippen LogP contribution >= 0.6 is 11.8 Å². The number of thioether (sulfide) groups is 1. The minimum atomic E-state index is -0.345. The van der Waals surface area contributed by atoms with Gasteiger partial charge in [0.15, 0.2) is 11.0 Å². The second-order valence-electron chi connectivity index (χ2n) is 6.69. The Balaban J connectivity index is 1.58. The highest BCUT2D eigenvalue weighted by Gasteiger charge is 2.17. The third-order valence-corrected chi connectivity index (χ3v) is 5.31. The summed E-state index contributed by atoms with van der Waals surface area (Å²) in [6.45, 7) is 2.03. The van der Waals surface area contributed by atoms with Crippen LogP contribution in [-0.4, -0.2) is 26.4 Å². The molecule has 1 aromatic heterocycles. The number of hydrogen-bond donors (Lipinski definition) is 1. The molecule has 0 aliphatic carbocycles. The van der Waals surface area contributed by atoms with Crippen LogP contribution in [0.15, 0.2) is 84.0 Å². The molecule has 0 radical (unpaired) electrons. The first kappa shape index (κ1) is 19.8. The van der Waals surface area contributed by atoms with Crippen molar-refractivity contribution in [1.29, 1.82) is 0 Å². The zero-order chi connectivity index (χ0) is 20.9. The van der Waals surface area contributed by atoms with Crippen LogP contribution in [-0.2, 0) is 4.79 Å². The molecule has 0 saturated heterocycles. The van der Waals surface area contributed by atoms with Gasteiger partial charge in [-0.2, -0.15) is 0 Å². The van der Waals surface area contributed by atoms with Crippen molar-refractivity contribution >= 4 is 23.4 Å². The standard InChI is InChI=1S/C23H19FN4OS/c1-16-6-5-7-17(14-16)22-26-27-23(28(22)20-8-3-2-4-9-20)30-15-21(29)25-19-12-10-18(24)11-13-19/h2-14H,15H2,1H3,(H,25,29). The van der Waals surface area contributed by atoms with E-state index in [1.165, 1.54) is 36.0 Å². The van der Waals surface area contributed by atoms with E-state index in [0.29, 0.717) is 16.7 Å². The molecule has 0 bridgehead atoms. The quantitative estimate of drug-likeness (QED) is 0.442. The van der Waals surface area contributed by atoms with Gasteiger partial charge in [-0.3, -0.25) is 9.36 Å². The lowest BCUT2D eigenvalue weighted by Crippen LogP contribution is -2.14. The molecule has 0 atom stereocenters. The second-order valence-corrected chi connectivity index (χ2v) is 7.63. The van der Waals surface area contributed by atoms with Crippen LogP contribution in [0.5, 0.6) is 0 Å². The molecule has 1 heterocycles. The first-order chi connectivity index (χ1) is 14.6. The van der Waals surface area contributed by atoms with E-state index in [4.69, 9.17) is 0 Å². The van der Waals surface area contributed by atoms with E-state index in [1.54, 1.807) is 0 Å². The summed E-state index contributed by atoms with van der Waals surface area (Å²) in [5.41, 5.74) is 3.55. The van der Waals surface area contributed by atoms with Gasteiger partial charge in [-0.15, -0.1) is 10.2 Å². The Bertz CT molecular complexity index is 1160. The Morgan fingerprint density at radius 3 is 2.50 bits per heavy atom. The summed E-state index contributed by atoms with van der Waals surface area (Å²) in [6.07, 6.45) is 0. The molecule has 0 aliphatic rings. The van der Waals surface area contributed by atoms with Gasteiger partial charge in [0.25, 0.3) is 0 Å². The van der Waals surface area contributed by atoms with Crippen LogP contribution in [0, 0.1) is 12.7 Å². The normalized spacial score (nSPS) is 10.7. The van der Waals surface area contributed by atoms with Gasteiger partial charge in [0, 0.05) is 16.9 Å². The van der Waals surface area contributed by atoms with E-state index in [2.05, 4.69) is 21.6 Å². The van der Waals surface area contributed by atoms with Crippen LogP contribution in [0.1, 0.15) is 5.56 Å². The van der Waals surface area contributed by atoms with Crippen molar-refractivity contribution in [2.24, 2.45) is 0 Å². The van der Waals surface area contributed by atoms with Crippen molar-refractivity contribution in [3.63, 3.8) is 0 Å². The van der Waals surface area contributed by atoms with Gasteiger partial charge in [-0.05, 0) is 49.4 Å². The zero-order valence-electron chi connectivity index (χ0n) is 16.2. The lowest BCUT2D eigenvalue weighted by atomic mass is 10.1. The zero-order valence-corrected chi connectivity index (χ0v) is 17.1. The van der Waals surface area contributed by atoms with Gasteiger partial charge in [0.1, 0.15) is 5.82 Å². The molecule has 3 aromatic carbocycles. The lowest BCUT2D eigenvalue weighted by molar-refractivity contribution is -0.113. The molecule has 4 rings (SSSR count). The Labute approximate surface area is 178 Å². The Morgan fingerprint density at radius 2 is 1.77 bits per heavy atom. The van der Waals surface area contributed by atoms with E-state index in [-0.39, 0.29) is 17.5 Å². The number of aromatic nitrogens is 3. The first-order valence-electron chi connectivity index (χ1n) is 9.36. The molecule has 0 fully saturated rings. The molecular formula is C23H19FN4OS. The van der Waals surface area contributed by atoms with E-state index >= 15 is 0 Å². The van der Waals surface area contributed by atoms with Gasteiger partial charge in [-0.25, -0.2) is 4.39 Å². The number of nitrogens with one attached hydrogen (secondary N) is 1. The lowest BCUT2D eigenvalue weighted by Gasteiger charge is -2.11. The van der Waals surface area contributed by atoms with E-state index in [9.17, 15) is 9.18 Å². The van der Waals surface area contributed by atoms with Gasteiger partial charge in [0.2, 0.25) is 5.91 Å². The maximum Gasteiger partial charge on any atom is 0.234 e. The maximum absolute atomic E-state index is 13.0. The molecule has 0 saturated carbocycles. The molecule has 0 aliphatic heterocycles. The fraction of sp³-hybridized carbons (Fsp3) is 0.0870. The summed E-state index contributed by atoms with van der Waals surface area (Å²) in [4.78, 5) is 12.4. The number of aryl methyl sites for hydroxylation is 1. The molecule has 4 aromatic rings. The number of nitrogens with zero attached hydrogens (tertiary/aromatic N) is 3. The summed E-state index contributed by atoms with van der Waals surface area (Å²) in [5, 5.41) is 12.1. The first-order valence-corrected chi connectivity index (χ1v) is 10.3. The number of benzene rings is 3. The molecule has 30 heavy (non-hydrogen) atoms. The summed E-state index contributed by atoms with van der Waals surface area (Å²) in [5.74, 6) is 0.315. The van der Waals surface area contributed by atoms with E-state index < -0.39 is 0 Å². The van der Waals surface area contributed by atoms with E-state index in [1.807, 2.05) is 60.0 Å². The van der Waals surface area contributed by atoms with Crippen molar-refractivity contribution in [1.82, 2.24) is 14.8 Å². The number of amides is 1. The van der Waals surface area contributed by atoms with Crippen LogP contribution < -0.4 is 5.32 Å². The third kappa shape index (κ3) is 4.58. The Hall–Kier alpha value is -3.45. The molecule has 5 nitrogen and oxygen atoms in total. The minimum absolute atomic E-state index is 0.149. The van der Waals surface area contributed by atoms with Crippen LogP contribution in [0.2, 0.25) is 0 Å². The molecule has 0 spiro atoms. The monoisotopic (exact) mass is 418 g/mol. The Morgan fingerprint density at radius 1 is 1.00 bits per heavy atom. The highest BCUT2D eigenvalue weighted by atomic mass is 32.2. The molecule has 1 amide bonds. The van der Waals surface area contributed by atoms with Crippen molar-refractivity contribution in [3.05, 3.63) is 90.2 Å². The summed E-state index contributed by atoms with van der Waals surface area (Å²) in [6, 6.07) is 23.5. The number of anilines is 1. The fourth-order valence-corrected chi connectivity index (χ4v) is 3.76. The average Bonchev–Trinajstić information content (AvgIpc) is 3.19. The highest BCUT2D eigenvalue weighted by molar-refractivity contribution is 7.99. The molecule has 150 valence electrons. The predicted molar refractivity (Wildman–Crippen MR) is 117 cm³/mol. The second kappa shape index (κ2) is 8.92. The van der Waals surface area contributed by atoms with Crippen molar-refractivity contribution in [2.75, 3.05) is 11.1 Å². The SMILES string of the molecule is Cc1cccc(-c2nnc(SCC(=O)Nc3ccc(F)cc3)n2-c2ccccc2)c1. The van der Waals surface area contributed by atoms with Gasteiger partial charge < -0.3 is 5.32 Å². The fourth-order valence-electron chi connectivity index (χ4n) is 3.00. The Kier molecular flexibility index (Phi) is 5.90. The number of carbonyl (C=O) groups excluding carboxylic acids is 1. The summed E-state index contributed by atoms with van der Waals surface area (Å²) >= 11 is 1.30. The molecule has 7 heteroatoms. The minimum Gasteiger partial charge on any atom is -0.325 e. The number of carbonyl (C=O) groups is 1. The predicted octanol–water partition coefficient (Wildman–Crippen LogP) is 5.11. The molecule has 0 unspecified atom stereocenters. The smallest absolute Gasteiger partial charge is 0.234 e. The van der Waals surface area contributed by atoms with Crippen molar-refractivity contribution in [2.45, 2.75) is 12.1 Å². The number of hydrogen-bond acceptors (Lipinski definition) is 4. The van der Waals surface area contributed by atoms with Gasteiger partial charge in [0.05, 0.1) is 5.75 Å². The van der Waals surface area contributed by atoms with Gasteiger partial charge in [-0.1, -0.05) is 53.7 Å². The molecular weight excluding hydrogens is 399 g/mol. The highest BCUT2D eigenvalue weighted by Crippen LogP contribution is 2.28. The number of para-hydroxylation sites is 1. The topological polar surface area (TPSA) is 59.8 Å². The maximum atomic E-state index is 13.0. The van der Waals surface area contributed by atoms with Crippen LogP contribution in [0.4, 0.5) is 10.1 Å². The number of rotatable bonds is 6. The average molecular weight is 418 g/mol. The van der Waals surface area contributed by atoms with E-state index in [0.717, 1.165) is 16.8 Å². The summed E-state index contributed by atoms with van der Waals surface area (Å²) in [7, 11) is 0.